The van der Waals surface area contributed by atoms with Gasteiger partial charge in [0, 0.05) is 44.0 Å². The molecule has 1 aliphatic rings. The summed E-state index contributed by atoms with van der Waals surface area (Å²) in [5.74, 6) is 0.962. The zero-order chi connectivity index (χ0) is 17.6. The monoisotopic (exact) mass is 339 g/mol. The van der Waals surface area contributed by atoms with Gasteiger partial charge in [-0.2, -0.15) is 0 Å². The fraction of sp³-hybridized carbons (Fsp3) is 0.350. The van der Waals surface area contributed by atoms with Gasteiger partial charge in [-0.05, 0) is 37.3 Å². The SMILES string of the molecule is Cc1ccc(OCCN2CCN(C(=O)c3cccc(N)c3)CC2)cc1. The number of piperazine rings is 1. The molecule has 132 valence electrons. The minimum absolute atomic E-state index is 0.0582. The zero-order valence-electron chi connectivity index (χ0n) is 14.6. The van der Waals surface area contributed by atoms with E-state index in [2.05, 4.69) is 24.0 Å². The molecule has 25 heavy (non-hydrogen) atoms. The Balaban J connectivity index is 1.42. The number of nitrogens with zero attached hydrogens (tertiary/aromatic N) is 2. The van der Waals surface area contributed by atoms with Crippen LogP contribution in [0, 0.1) is 6.92 Å². The van der Waals surface area contributed by atoms with E-state index in [-0.39, 0.29) is 5.91 Å². The standard InChI is InChI=1S/C20H25N3O2/c1-16-5-7-19(8-6-16)25-14-13-22-9-11-23(12-10-22)20(24)17-3-2-4-18(21)15-17/h2-8,15H,9-14,21H2,1H3. The molecule has 0 radical (unpaired) electrons. The lowest BCUT2D eigenvalue weighted by molar-refractivity contribution is 0.0620. The van der Waals surface area contributed by atoms with Gasteiger partial charge in [-0.3, -0.25) is 9.69 Å². The summed E-state index contributed by atoms with van der Waals surface area (Å²) in [5, 5.41) is 0. The first-order valence-electron chi connectivity index (χ1n) is 8.68. The van der Waals surface area contributed by atoms with Gasteiger partial charge in [-0.15, -0.1) is 0 Å². The van der Waals surface area contributed by atoms with E-state index in [0.29, 0.717) is 17.9 Å². The maximum absolute atomic E-state index is 12.5. The summed E-state index contributed by atoms with van der Waals surface area (Å²) in [7, 11) is 0. The first kappa shape index (κ1) is 17.3. The number of hydrogen-bond acceptors (Lipinski definition) is 4. The Morgan fingerprint density at radius 1 is 1.08 bits per heavy atom. The maximum atomic E-state index is 12.5. The van der Waals surface area contributed by atoms with Crippen molar-refractivity contribution in [1.82, 2.24) is 9.80 Å². The van der Waals surface area contributed by atoms with Crippen molar-refractivity contribution < 1.29 is 9.53 Å². The van der Waals surface area contributed by atoms with Gasteiger partial charge in [-0.25, -0.2) is 0 Å². The number of carbonyl (C=O) groups excluding carboxylic acids is 1. The van der Waals surface area contributed by atoms with E-state index in [4.69, 9.17) is 10.5 Å². The molecule has 0 aliphatic carbocycles. The number of carbonyl (C=O) groups is 1. The van der Waals surface area contributed by atoms with Crippen LogP contribution in [0.15, 0.2) is 48.5 Å². The van der Waals surface area contributed by atoms with Gasteiger partial charge < -0.3 is 15.4 Å². The lowest BCUT2D eigenvalue weighted by Gasteiger charge is -2.34. The fourth-order valence-corrected chi connectivity index (χ4v) is 2.96. The van der Waals surface area contributed by atoms with Gasteiger partial charge in [-0.1, -0.05) is 23.8 Å². The Morgan fingerprint density at radius 3 is 2.48 bits per heavy atom. The molecule has 2 aromatic carbocycles. The summed E-state index contributed by atoms with van der Waals surface area (Å²) < 4.78 is 5.78. The number of rotatable bonds is 5. The second kappa shape index (κ2) is 8.03. The Labute approximate surface area is 149 Å². The highest BCUT2D eigenvalue weighted by molar-refractivity contribution is 5.95. The van der Waals surface area contributed by atoms with E-state index < -0.39 is 0 Å². The van der Waals surface area contributed by atoms with Gasteiger partial charge >= 0.3 is 0 Å². The highest BCUT2D eigenvalue weighted by atomic mass is 16.5. The molecule has 5 nitrogen and oxygen atoms in total. The van der Waals surface area contributed by atoms with Crippen molar-refractivity contribution in [1.29, 1.82) is 0 Å². The molecule has 0 aromatic heterocycles. The first-order valence-corrected chi connectivity index (χ1v) is 8.68. The van der Waals surface area contributed by atoms with E-state index in [1.165, 1.54) is 5.56 Å². The normalized spacial score (nSPS) is 15.2. The minimum Gasteiger partial charge on any atom is -0.492 e. The van der Waals surface area contributed by atoms with Crippen LogP contribution in [0.1, 0.15) is 15.9 Å². The van der Waals surface area contributed by atoms with Gasteiger partial charge in [0.2, 0.25) is 0 Å². The van der Waals surface area contributed by atoms with Gasteiger partial charge in [0.15, 0.2) is 0 Å². The fourth-order valence-electron chi connectivity index (χ4n) is 2.96. The molecule has 1 fully saturated rings. The van der Waals surface area contributed by atoms with Crippen LogP contribution < -0.4 is 10.5 Å². The van der Waals surface area contributed by atoms with Crippen LogP contribution in [0.2, 0.25) is 0 Å². The highest BCUT2D eigenvalue weighted by Crippen LogP contribution is 2.13. The molecule has 0 unspecified atom stereocenters. The second-order valence-corrected chi connectivity index (χ2v) is 6.42. The van der Waals surface area contributed by atoms with Crippen LogP contribution in [-0.2, 0) is 0 Å². The van der Waals surface area contributed by atoms with Gasteiger partial charge in [0.1, 0.15) is 12.4 Å². The smallest absolute Gasteiger partial charge is 0.254 e. The lowest BCUT2D eigenvalue weighted by Crippen LogP contribution is -2.49. The zero-order valence-corrected chi connectivity index (χ0v) is 14.6. The third-order valence-electron chi connectivity index (χ3n) is 4.49. The van der Waals surface area contributed by atoms with Crippen LogP contribution >= 0.6 is 0 Å². The number of benzene rings is 2. The minimum atomic E-state index is 0.0582. The number of nitrogen functional groups attached to an aromatic ring is 1. The summed E-state index contributed by atoms with van der Waals surface area (Å²) in [6.45, 7) is 6.79. The van der Waals surface area contributed by atoms with Crippen molar-refractivity contribution in [3.63, 3.8) is 0 Å². The molecule has 0 saturated carbocycles. The van der Waals surface area contributed by atoms with E-state index in [9.17, 15) is 4.79 Å². The molecule has 1 heterocycles. The molecule has 1 aliphatic heterocycles. The van der Waals surface area contributed by atoms with Crippen molar-refractivity contribution in [2.45, 2.75) is 6.92 Å². The number of ether oxygens (including phenoxy) is 1. The summed E-state index contributed by atoms with van der Waals surface area (Å²) in [4.78, 5) is 16.7. The third-order valence-corrected chi connectivity index (χ3v) is 4.49. The first-order chi connectivity index (χ1) is 12.1. The molecule has 1 saturated heterocycles. The second-order valence-electron chi connectivity index (χ2n) is 6.42. The van der Waals surface area contributed by atoms with Crippen molar-refractivity contribution >= 4 is 11.6 Å². The summed E-state index contributed by atoms with van der Waals surface area (Å²) in [6, 6.07) is 15.3. The van der Waals surface area contributed by atoms with E-state index >= 15 is 0 Å². The van der Waals surface area contributed by atoms with Crippen LogP contribution in [-0.4, -0.2) is 55.0 Å². The molecule has 1 amide bonds. The average molecular weight is 339 g/mol. The molecule has 2 N–H and O–H groups in total. The van der Waals surface area contributed by atoms with E-state index in [0.717, 1.165) is 38.5 Å². The van der Waals surface area contributed by atoms with Crippen LogP contribution in [0.3, 0.4) is 0 Å². The molecular formula is C20H25N3O2. The van der Waals surface area contributed by atoms with Crippen LogP contribution in [0.25, 0.3) is 0 Å². The van der Waals surface area contributed by atoms with Gasteiger partial charge in [0.05, 0.1) is 0 Å². The molecule has 5 heteroatoms. The van der Waals surface area contributed by atoms with E-state index in [1.807, 2.05) is 29.2 Å². The van der Waals surface area contributed by atoms with Crippen molar-refractivity contribution in [2.75, 3.05) is 45.1 Å². The van der Waals surface area contributed by atoms with Crippen molar-refractivity contribution in [2.24, 2.45) is 0 Å². The molecule has 0 bridgehead atoms. The Morgan fingerprint density at radius 2 is 1.80 bits per heavy atom. The summed E-state index contributed by atoms with van der Waals surface area (Å²) >= 11 is 0. The Bertz CT molecular complexity index is 707. The number of anilines is 1. The number of aryl methyl sites for hydroxylation is 1. The van der Waals surface area contributed by atoms with Crippen molar-refractivity contribution in [3.05, 3.63) is 59.7 Å². The topological polar surface area (TPSA) is 58.8 Å². The molecule has 3 rings (SSSR count). The average Bonchev–Trinajstić information content (AvgIpc) is 2.63. The molecule has 2 aromatic rings. The summed E-state index contributed by atoms with van der Waals surface area (Å²) in [6.07, 6.45) is 0. The highest BCUT2D eigenvalue weighted by Gasteiger charge is 2.22. The van der Waals surface area contributed by atoms with Crippen molar-refractivity contribution in [3.8, 4) is 5.75 Å². The number of amides is 1. The predicted molar refractivity (Wildman–Crippen MR) is 99.9 cm³/mol. The number of hydrogen-bond donors (Lipinski definition) is 1. The Hall–Kier alpha value is -2.53. The third kappa shape index (κ3) is 4.73. The predicted octanol–water partition coefficient (Wildman–Crippen LogP) is 2.41. The quantitative estimate of drug-likeness (QED) is 0.850. The van der Waals surface area contributed by atoms with Gasteiger partial charge in [0.25, 0.3) is 5.91 Å². The lowest BCUT2D eigenvalue weighted by atomic mass is 10.1. The molecule has 0 atom stereocenters. The maximum Gasteiger partial charge on any atom is 0.254 e. The van der Waals surface area contributed by atoms with Crippen LogP contribution in [0.4, 0.5) is 5.69 Å². The Kier molecular flexibility index (Phi) is 5.56. The largest absolute Gasteiger partial charge is 0.492 e. The van der Waals surface area contributed by atoms with Crippen LogP contribution in [0.5, 0.6) is 5.75 Å². The summed E-state index contributed by atoms with van der Waals surface area (Å²) in [5.41, 5.74) is 8.28. The van der Waals surface area contributed by atoms with E-state index in [1.54, 1.807) is 12.1 Å². The molecular weight excluding hydrogens is 314 g/mol. The molecule has 0 spiro atoms. The number of nitrogens with two attached hydrogens (primary N) is 1.